The van der Waals surface area contributed by atoms with Crippen molar-refractivity contribution in [3.8, 4) is 34.5 Å². The average Bonchev–Trinajstić information content (AvgIpc) is 3.10. The highest BCUT2D eigenvalue weighted by atomic mass is 31.3. The van der Waals surface area contributed by atoms with Crippen molar-refractivity contribution in [1.82, 2.24) is 0 Å². The predicted molar refractivity (Wildman–Crippen MR) is 197 cm³/mol. The van der Waals surface area contributed by atoms with Crippen LogP contribution in [-0.2, 0) is 0 Å². The molecule has 0 radical (unpaired) electrons. The van der Waals surface area contributed by atoms with Crippen LogP contribution in [0.1, 0.15) is 0 Å². The molecule has 9 nitrogen and oxygen atoms in total. The summed E-state index contributed by atoms with van der Waals surface area (Å²) in [5.41, 5.74) is 0. The average molecular weight is 710 g/mol. The molecule has 0 aliphatic carbocycles. The Morgan fingerprint density at radius 3 is 0.878 bits per heavy atom. The predicted octanol–water partition coefficient (Wildman–Crippen LogP) is 12.6. The van der Waals surface area contributed by atoms with Crippen molar-refractivity contribution in [2.45, 2.75) is 0 Å². The Morgan fingerprint density at radius 2 is 0.592 bits per heavy atom. The van der Waals surface area contributed by atoms with E-state index in [4.69, 9.17) is 36.2 Å². The highest BCUT2D eigenvalue weighted by molar-refractivity contribution is 7.72. The van der Waals surface area contributed by atoms with Gasteiger partial charge in [-0.15, -0.1) is 4.52 Å². The Kier molecular flexibility index (Phi) is 10.9. The van der Waals surface area contributed by atoms with Gasteiger partial charge in [0.1, 0.15) is 34.5 Å². The fourth-order valence-electron chi connectivity index (χ4n) is 4.41. The molecule has 0 fully saturated rings. The molecule has 1 N–H and O–H groups in total. The molecular formula is C37H34N3O6P3. The van der Waals surface area contributed by atoms with Gasteiger partial charge in [-0.2, -0.15) is 0 Å². The molecule has 12 heteroatoms. The summed E-state index contributed by atoms with van der Waals surface area (Å²) in [5, 5.41) is 9.77. The molecule has 0 saturated heterocycles. The Labute approximate surface area is 286 Å². The van der Waals surface area contributed by atoms with E-state index in [9.17, 15) is 5.16 Å². The van der Waals surface area contributed by atoms with Gasteiger partial charge in [-0.05, 0) is 72.8 Å². The maximum atomic E-state index is 9.77. The first-order valence-corrected chi connectivity index (χ1v) is 20.4. The normalized spacial score (nSPS) is 11.4. The highest BCUT2D eigenvalue weighted by Crippen LogP contribution is 2.69. The van der Waals surface area contributed by atoms with Crippen LogP contribution in [0.2, 0.25) is 0 Å². The van der Waals surface area contributed by atoms with Gasteiger partial charge in [0.2, 0.25) is 0 Å². The zero-order valence-electron chi connectivity index (χ0n) is 26.5. The van der Waals surface area contributed by atoms with E-state index in [0.717, 1.165) is 0 Å². The minimum Gasteiger partial charge on any atom is -0.430 e. The molecule has 0 saturated carbocycles. The van der Waals surface area contributed by atoms with Gasteiger partial charge in [0, 0.05) is 6.66 Å². The monoisotopic (exact) mass is 709 g/mol. The molecule has 248 valence electrons. The summed E-state index contributed by atoms with van der Waals surface area (Å²) in [6, 6.07) is 54.4. The first-order chi connectivity index (χ1) is 23.9. The second-order valence-corrected chi connectivity index (χ2v) is 16.6. The molecule has 0 amide bonds. The number of hydrogen-bond acceptors (Lipinski definition) is 7. The first kappa shape index (κ1) is 33.7. The van der Waals surface area contributed by atoms with Crippen LogP contribution in [0, 0.1) is 5.16 Å². The van der Waals surface area contributed by atoms with Crippen molar-refractivity contribution in [3.05, 3.63) is 182 Å². The summed E-state index contributed by atoms with van der Waals surface area (Å²) in [4.78, 5) is 0. The lowest BCUT2D eigenvalue weighted by Crippen LogP contribution is -2.07. The molecule has 0 aliphatic rings. The van der Waals surface area contributed by atoms with Crippen molar-refractivity contribution in [1.29, 1.82) is 5.16 Å². The summed E-state index contributed by atoms with van der Waals surface area (Å²) in [5.74, 6) is 2.59. The van der Waals surface area contributed by atoms with Crippen molar-refractivity contribution >= 4 is 22.8 Å². The lowest BCUT2D eigenvalue weighted by atomic mass is 10.3. The van der Waals surface area contributed by atoms with E-state index >= 15 is 0 Å². The first-order valence-electron chi connectivity index (χ1n) is 15.3. The van der Waals surface area contributed by atoms with Crippen molar-refractivity contribution in [2.24, 2.45) is 9.03 Å². The Balaban J connectivity index is 1.63. The molecule has 0 atom stereocenters. The number of para-hydroxylation sites is 6. The molecule has 6 aromatic rings. The fourth-order valence-corrected chi connectivity index (χ4v) is 11.6. The molecule has 0 bridgehead atoms. The molecule has 6 aromatic carbocycles. The summed E-state index contributed by atoms with van der Waals surface area (Å²) in [7, 11) is -11.5. The van der Waals surface area contributed by atoms with E-state index in [1.54, 1.807) is 79.5 Å². The molecule has 49 heavy (non-hydrogen) atoms. The zero-order chi connectivity index (χ0) is 33.8. The number of benzene rings is 6. The van der Waals surface area contributed by atoms with E-state index in [1.165, 1.54) is 0 Å². The zero-order valence-corrected chi connectivity index (χ0v) is 29.2. The van der Waals surface area contributed by atoms with Crippen LogP contribution in [0.3, 0.4) is 0 Å². The van der Waals surface area contributed by atoms with E-state index in [1.807, 2.05) is 109 Å². The summed E-state index contributed by atoms with van der Waals surface area (Å²) in [6.07, 6.45) is 0. The maximum absolute atomic E-state index is 9.77. The summed E-state index contributed by atoms with van der Waals surface area (Å²) < 4.78 is 49.4. The third-order valence-electron chi connectivity index (χ3n) is 6.42. The van der Waals surface area contributed by atoms with Gasteiger partial charge in [-0.3, -0.25) is 0 Å². The van der Waals surface area contributed by atoms with Crippen molar-refractivity contribution in [2.75, 3.05) is 6.66 Å². The van der Waals surface area contributed by atoms with Crippen molar-refractivity contribution in [3.63, 3.8) is 0 Å². The largest absolute Gasteiger partial charge is 0.459 e. The molecule has 0 aliphatic heterocycles. The Morgan fingerprint density at radius 1 is 0.347 bits per heavy atom. The second-order valence-electron chi connectivity index (χ2n) is 10.4. The van der Waals surface area contributed by atoms with E-state index in [-0.39, 0.29) is 0 Å². The summed E-state index contributed by atoms with van der Waals surface area (Å²) >= 11 is 0. The van der Waals surface area contributed by atoms with Gasteiger partial charge in [0.25, 0.3) is 0 Å². The SMILES string of the molecule is CP(=NP(=NP(=N)(Oc1ccccc1)Oc1ccccc1)(Oc1ccccc1)Oc1ccccc1)(Oc1ccccc1)Oc1ccccc1. The van der Waals surface area contributed by atoms with Crippen LogP contribution in [0.4, 0.5) is 0 Å². The minimum atomic E-state index is -4.07. The van der Waals surface area contributed by atoms with E-state index < -0.39 is 22.8 Å². The van der Waals surface area contributed by atoms with Gasteiger partial charge in [-0.25, -0.2) is 5.16 Å². The number of rotatable bonds is 14. The van der Waals surface area contributed by atoms with Gasteiger partial charge in [-0.1, -0.05) is 114 Å². The van der Waals surface area contributed by atoms with Gasteiger partial charge >= 0.3 is 22.8 Å². The molecule has 0 spiro atoms. The highest BCUT2D eigenvalue weighted by Gasteiger charge is 2.39. The maximum Gasteiger partial charge on any atom is 0.459 e. The van der Waals surface area contributed by atoms with Crippen LogP contribution in [0.15, 0.2) is 191 Å². The van der Waals surface area contributed by atoms with Crippen LogP contribution in [-0.4, -0.2) is 6.66 Å². The quantitative estimate of drug-likeness (QED) is 0.113. The molecule has 6 rings (SSSR count). The van der Waals surface area contributed by atoms with Gasteiger partial charge < -0.3 is 27.1 Å². The number of nitrogens with zero attached hydrogens (tertiary/aromatic N) is 2. The van der Waals surface area contributed by atoms with Crippen LogP contribution < -0.4 is 27.1 Å². The Bertz CT molecular complexity index is 1940. The standard InChI is InChI=1S/C37H34N3O6P3/c1-47(41-32-20-8-2-9-21-32,42-33-22-10-3-11-23-33)39-49(45-36-28-16-6-17-29-36,46-37-30-18-7-19-31-37)40-48(38,43-34-24-12-4-13-25-34)44-35-26-14-5-15-27-35/h2-31,38H,1H3. The lowest BCUT2D eigenvalue weighted by molar-refractivity contribution is 0.454. The molecule has 0 heterocycles. The smallest absolute Gasteiger partial charge is 0.430 e. The topological polar surface area (TPSA) is 104 Å². The van der Waals surface area contributed by atoms with E-state index in [2.05, 4.69) is 0 Å². The van der Waals surface area contributed by atoms with Crippen LogP contribution >= 0.6 is 22.8 Å². The van der Waals surface area contributed by atoms with Gasteiger partial charge in [0.05, 0.1) is 0 Å². The fraction of sp³-hybridized carbons (Fsp3) is 0.0270. The lowest BCUT2D eigenvalue weighted by Gasteiger charge is -2.29. The van der Waals surface area contributed by atoms with E-state index in [0.29, 0.717) is 34.5 Å². The third kappa shape index (κ3) is 9.91. The van der Waals surface area contributed by atoms with Crippen LogP contribution in [0.25, 0.3) is 0 Å². The number of hydrogen-bond donors (Lipinski definition) is 1. The van der Waals surface area contributed by atoms with Crippen LogP contribution in [0.5, 0.6) is 34.5 Å². The second kappa shape index (κ2) is 15.8. The number of nitrogens with one attached hydrogen (secondary N) is 1. The minimum absolute atomic E-state index is 0.377. The molecule has 0 unspecified atom stereocenters. The van der Waals surface area contributed by atoms with Gasteiger partial charge in [0.15, 0.2) is 0 Å². The Hall–Kier alpha value is -5.19. The van der Waals surface area contributed by atoms with Crippen molar-refractivity contribution < 1.29 is 27.1 Å². The summed E-state index contributed by atoms with van der Waals surface area (Å²) in [6.45, 7) is 1.75. The molecule has 0 aromatic heterocycles. The third-order valence-corrected chi connectivity index (χ3v) is 13.4. The molecular weight excluding hydrogens is 675 g/mol.